The van der Waals surface area contributed by atoms with Crippen LogP contribution in [-0.4, -0.2) is 38.6 Å². The minimum absolute atomic E-state index is 0.0246. The number of non-ortho nitro benzene ring substituents is 1. The quantitative estimate of drug-likeness (QED) is 0.208. The van der Waals surface area contributed by atoms with Gasteiger partial charge in [-0.3, -0.25) is 24.5 Å². The van der Waals surface area contributed by atoms with E-state index in [0.29, 0.717) is 32.6 Å². The summed E-state index contributed by atoms with van der Waals surface area (Å²) in [5.74, 6) is -0.953. The summed E-state index contributed by atoms with van der Waals surface area (Å²) in [4.78, 5) is 56.1. The number of hydrogen-bond donors (Lipinski definition) is 2. The van der Waals surface area contributed by atoms with E-state index >= 15 is 0 Å². The largest absolute Gasteiger partial charge is 0.323 e. The van der Waals surface area contributed by atoms with Gasteiger partial charge in [0.05, 0.1) is 26.2 Å². The lowest BCUT2D eigenvalue weighted by atomic mass is 10.0. The van der Waals surface area contributed by atoms with E-state index in [4.69, 9.17) is 23.2 Å². The summed E-state index contributed by atoms with van der Waals surface area (Å²) in [6.45, 7) is 0.0246. The number of nitrogens with one attached hydrogen (secondary N) is 2. The minimum Gasteiger partial charge on any atom is -0.323 e. The second-order valence-electron chi connectivity index (χ2n) is 9.24. The van der Waals surface area contributed by atoms with E-state index < -0.39 is 22.8 Å². The molecule has 3 aromatic carbocycles. The molecule has 1 aromatic heterocycles. The third-order valence-corrected chi connectivity index (χ3v) is 7.27. The highest BCUT2D eigenvalue weighted by molar-refractivity contribution is 6.42. The standard InChI is InChI=1S/C29H21Cl2N5O5/c30-22-11-6-18(13-23(22)31)14-25-28(38)33-24-15-20(36(40)41)9-10-21(24)29(39)35(25)16-17-4-7-19(8-5-17)27(37)34-26-3-1-2-12-32-26/h1-13,15,25H,14,16H2,(H,33,38)(H,32,34,37). The van der Waals surface area contributed by atoms with E-state index in [2.05, 4.69) is 15.6 Å². The van der Waals surface area contributed by atoms with Gasteiger partial charge in [0.15, 0.2) is 0 Å². The summed E-state index contributed by atoms with van der Waals surface area (Å²) in [5.41, 5.74) is 1.61. The van der Waals surface area contributed by atoms with Crippen LogP contribution in [0.2, 0.25) is 10.0 Å². The molecule has 1 atom stereocenters. The molecule has 3 amide bonds. The van der Waals surface area contributed by atoms with Gasteiger partial charge in [0, 0.05) is 36.9 Å². The number of nitro benzene ring substituents is 1. The van der Waals surface area contributed by atoms with E-state index in [0.717, 1.165) is 0 Å². The second-order valence-corrected chi connectivity index (χ2v) is 10.1. The molecule has 12 heteroatoms. The summed E-state index contributed by atoms with van der Waals surface area (Å²) in [5, 5.41) is 17.4. The lowest BCUT2D eigenvalue weighted by Gasteiger charge is -2.29. The number of benzene rings is 3. The molecular formula is C29H21Cl2N5O5. The van der Waals surface area contributed by atoms with E-state index in [1.807, 2.05) is 0 Å². The molecule has 2 N–H and O–H groups in total. The molecular weight excluding hydrogens is 569 g/mol. The van der Waals surface area contributed by atoms with Crippen LogP contribution in [0.25, 0.3) is 0 Å². The zero-order valence-electron chi connectivity index (χ0n) is 21.2. The molecule has 0 spiro atoms. The van der Waals surface area contributed by atoms with Crippen molar-refractivity contribution >= 4 is 58.1 Å². The fourth-order valence-corrected chi connectivity index (χ4v) is 4.77. The molecule has 0 fully saturated rings. The lowest BCUT2D eigenvalue weighted by Crippen LogP contribution is -2.46. The van der Waals surface area contributed by atoms with Crippen molar-refractivity contribution in [3.05, 3.63) is 127 Å². The van der Waals surface area contributed by atoms with E-state index in [1.165, 1.54) is 23.1 Å². The Morgan fingerprint density at radius 3 is 2.41 bits per heavy atom. The zero-order chi connectivity index (χ0) is 29.1. The van der Waals surface area contributed by atoms with Gasteiger partial charge in [0.2, 0.25) is 5.91 Å². The van der Waals surface area contributed by atoms with Gasteiger partial charge >= 0.3 is 0 Å². The predicted molar refractivity (Wildman–Crippen MR) is 154 cm³/mol. The van der Waals surface area contributed by atoms with Crippen molar-refractivity contribution in [3.8, 4) is 0 Å². The van der Waals surface area contributed by atoms with E-state index in [-0.39, 0.29) is 35.8 Å². The van der Waals surface area contributed by atoms with Gasteiger partial charge in [0.1, 0.15) is 11.9 Å². The molecule has 0 aliphatic carbocycles. The molecule has 1 aliphatic rings. The number of aromatic nitrogens is 1. The maximum atomic E-state index is 13.8. The predicted octanol–water partition coefficient (Wildman–Crippen LogP) is 5.75. The number of amides is 3. The topological polar surface area (TPSA) is 135 Å². The highest BCUT2D eigenvalue weighted by Gasteiger charge is 2.36. The number of rotatable bonds is 7. The first-order chi connectivity index (χ1) is 19.7. The Morgan fingerprint density at radius 1 is 0.976 bits per heavy atom. The van der Waals surface area contributed by atoms with Gasteiger partial charge in [-0.05, 0) is 53.6 Å². The Balaban J connectivity index is 1.45. The van der Waals surface area contributed by atoms with Crippen LogP contribution in [0.1, 0.15) is 31.8 Å². The number of halogens is 2. The normalized spacial score (nSPS) is 14.6. The number of pyridine rings is 1. The Morgan fingerprint density at radius 2 is 1.73 bits per heavy atom. The number of anilines is 2. The van der Waals surface area contributed by atoms with Gasteiger partial charge in [-0.15, -0.1) is 0 Å². The zero-order valence-corrected chi connectivity index (χ0v) is 22.7. The number of nitro groups is 1. The maximum Gasteiger partial charge on any atom is 0.271 e. The Bertz CT molecular complexity index is 1660. The van der Waals surface area contributed by atoms with Crippen molar-refractivity contribution in [2.75, 3.05) is 10.6 Å². The fraction of sp³-hybridized carbons (Fsp3) is 0.103. The van der Waals surface area contributed by atoms with Gasteiger partial charge in [-0.1, -0.05) is 47.5 Å². The van der Waals surface area contributed by atoms with Crippen molar-refractivity contribution in [2.45, 2.75) is 19.0 Å². The van der Waals surface area contributed by atoms with Crippen LogP contribution >= 0.6 is 23.2 Å². The van der Waals surface area contributed by atoms with Gasteiger partial charge < -0.3 is 15.5 Å². The Kier molecular flexibility index (Phi) is 7.95. The number of hydrogen-bond acceptors (Lipinski definition) is 6. The fourth-order valence-electron chi connectivity index (χ4n) is 4.45. The Labute approximate surface area is 244 Å². The molecule has 0 bridgehead atoms. The molecule has 2 heterocycles. The lowest BCUT2D eigenvalue weighted by molar-refractivity contribution is -0.384. The third-order valence-electron chi connectivity index (χ3n) is 6.53. The molecule has 206 valence electrons. The number of fused-ring (bicyclic) bond motifs is 1. The van der Waals surface area contributed by atoms with Crippen molar-refractivity contribution < 1.29 is 19.3 Å². The minimum atomic E-state index is -0.988. The van der Waals surface area contributed by atoms with Crippen LogP contribution in [0.4, 0.5) is 17.2 Å². The van der Waals surface area contributed by atoms with Crippen LogP contribution < -0.4 is 10.6 Å². The van der Waals surface area contributed by atoms with Crippen LogP contribution in [0.15, 0.2) is 85.1 Å². The highest BCUT2D eigenvalue weighted by Crippen LogP contribution is 2.31. The molecule has 0 radical (unpaired) electrons. The van der Waals surface area contributed by atoms with Gasteiger partial charge in [-0.25, -0.2) is 4.98 Å². The second kappa shape index (κ2) is 11.7. The maximum absolute atomic E-state index is 13.8. The van der Waals surface area contributed by atoms with Crippen molar-refractivity contribution in [1.29, 1.82) is 0 Å². The first kappa shape index (κ1) is 27.8. The van der Waals surface area contributed by atoms with Crippen LogP contribution in [0, 0.1) is 10.1 Å². The summed E-state index contributed by atoms with van der Waals surface area (Å²) in [6.07, 6.45) is 1.67. The average Bonchev–Trinajstić information content (AvgIpc) is 3.05. The molecule has 0 saturated carbocycles. The first-order valence-electron chi connectivity index (χ1n) is 12.3. The summed E-state index contributed by atoms with van der Waals surface area (Å²) >= 11 is 12.2. The first-order valence-corrected chi connectivity index (χ1v) is 13.1. The molecule has 4 aromatic rings. The summed E-state index contributed by atoms with van der Waals surface area (Å²) in [6, 6.07) is 19.4. The van der Waals surface area contributed by atoms with Gasteiger partial charge in [0.25, 0.3) is 17.5 Å². The van der Waals surface area contributed by atoms with Crippen molar-refractivity contribution in [2.24, 2.45) is 0 Å². The molecule has 5 rings (SSSR count). The van der Waals surface area contributed by atoms with Crippen molar-refractivity contribution in [3.63, 3.8) is 0 Å². The van der Waals surface area contributed by atoms with Crippen LogP contribution in [0.5, 0.6) is 0 Å². The molecule has 1 aliphatic heterocycles. The SMILES string of the molecule is O=C(Nc1ccccn1)c1ccc(CN2C(=O)c3ccc([N+](=O)[O-])cc3NC(=O)C2Cc2ccc(Cl)c(Cl)c2)cc1. The van der Waals surface area contributed by atoms with E-state index in [1.54, 1.807) is 66.9 Å². The van der Waals surface area contributed by atoms with Crippen molar-refractivity contribution in [1.82, 2.24) is 9.88 Å². The Hall–Kier alpha value is -4.80. The van der Waals surface area contributed by atoms with Gasteiger partial charge in [-0.2, -0.15) is 0 Å². The molecule has 1 unspecified atom stereocenters. The third kappa shape index (κ3) is 6.19. The molecule has 0 saturated heterocycles. The molecule has 41 heavy (non-hydrogen) atoms. The average molecular weight is 590 g/mol. The van der Waals surface area contributed by atoms with Crippen LogP contribution in [0.3, 0.4) is 0 Å². The summed E-state index contributed by atoms with van der Waals surface area (Å²) < 4.78 is 0. The van der Waals surface area contributed by atoms with E-state index in [9.17, 15) is 24.5 Å². The number of carbonyl (C=O) groups is 3. The monoisotopic (exact) mass is 589 g/mol. The smallest absolute Gasteiger partial charge is 0.271 e. The summed E-state index contributed by atoms with van der Waals surface area (Å²) in [7, 11) is 0. The number of nitrogens with zero attached hydrogens (tertiary/aromatic N) is 3. The number of carbonyl (C=O) groups excluding carboxylic acids is 3. The van der Waals surface area contributed by atoms with Crippen LogP contribution in [-0.2, 0) is 17.8 Å². The molecule has 10 nitrogen and oxygen atoms in total. The highest BCUT2D eigenvalue weighted by atomic mass is 35.5.